The smallest absolute Gasteiger partial charge is 0.251 e. The first-order valence-corrected chi connectivity index (χ1v) is 10.2. The number of rotatable bonds is 4. The van der Waals surface area contributed by atoms with E-state index in [1.54, 1.807) is 11.3 Å². The van der Waals surface area contributed by atoms with Gasteiger partial charge >= 0.3 is 0 Å². The standard InChI is InChI=1S/C18H18IN3OS/c19-17-14-9-12(5-6-15(14)21-22-17)18(23)20-16(11-3-1-2-4-11)13-7-8-24-10-13/h5-11,16H,1-4H2,(H,20,23)(H,21,22)/t16-/m1/s1. The van der Waals surface area contributed by atoms with Gasteiger partial charge in [0.1, 0.15) is 3.70 Å². The number of H-pyrrole nitrogens is 1. The van der Waals surface area contributed by atoms with Crippen LogP contribution in [0.3, 0.4) is 0 Å². The Morgan fingerprint density at radius 3 is 2.92 bits per heavy atom. The normalized spacial score (nSPS) is 16.5. The maximum absolute atomic E-state index is 12.8. The fourth-order valence-corrected chi connectivity index (χ4v) is 4.81. The topological polar surface area (TPSA) is 57.8 Å². The number of carbonyl (C=O) groups excluding carboxylic acids is 1. The minimum Gasteiger partial charge on any atom is -0.345 e. The highest BCUT2D eigenvalue weighted by Crippen LogP contribution is 2.36. The number of hydrogen-bond acceptors (Lipinski definition) is 3. The first kappa shape index (κ1) is 16.1. The van der Waals surface area contributed by atoms with Crippen LogP contribution >= 0.6 is 33.9 Å². The average Bonchev–Trinajstić information content (AvgIpc) is 3.35. The maximum Gasteiger partial charge on any atom is 0.251 e. The monoisotopic (exact) mass is 451 g/mol. The molecule has 24 heavy (non-hydrogen) atoms. The van der Waals surface area contributed by atoms with E-state index in [0.717, 1.165) is 14.6 Å². The molecule has 4 nitrogen and oxygen atoms in total. The number of halogens is 1. The molecule has 1 aliphatic rings. The molecule has 0 saturated heterocycles. The molecule has 1 aliphatic carbocycles. The van der Waals surface area contributed by atoms with Crippen molar-refractivity contribution in [1.82, 2.24) is 15.5 Å². The summed E-state index contributed by atoms with van der Waals surface area (Å²) in [5, 5.41) is 15.7. The van der Waals surface area contributed by atoms with Crippen LogP contribution < -0.4 is 5.32 Å². The van der Waals surface area contributed by atoms with Crippen molar-refractivity contribution >= 4 is 50.7 Å². The van der Waals surface area contributed by atoms with E-state index in [9.17, 15) is 4.79 Å². The highest BCUT2D eigenvalue weighted by Gasteiger charge is 2.28. The van der Waals surface area contributed by atoms with Gasteiger partial charge in [0.05, 0.1) is 11.6 Å². The minimum absolute atomic E-state index is 0.00278. The van der Waals surface area contributed by atoms with Gasteiger partial charge in [0, 0.05) is 10.9 Å². The molecule has 0 spiro atoms. The fraction of sp³-hybridized carbons (Fsp3) is 0.333. The lowest BCUT2D eigenvalue weighted by Crippen LogP contribution is -2.32. The molecule has 1 atom stereocenters. The quantitative estimate of drug-likeness (QED) is 0.555. The molecule has 1 fully saturated rings. The van der Waals surface area contributed by atoms with Gasteiger partial charge in [-0.05, 0) is 81.9 Å². The van der Waals surface area contributed by atoms with E-state index < -0.39 is 0 Å². The summed E-state index contributed by atoms with van der Waals surface area (Å²) in [5.41, 5.74) is 2.82. The summed E-state index contributed by atoms with van der Waals surface area (Å²) in [7, 11) is 0. The molecule has 3 aromatic rings. The molecule has 2 aromatic heterocycles. The van der Waals surface area contributed by atoms with E-state index in [4.69, 9.17) is 0 Å². The zero-order chi connectivity index (χ0) is 16.5. The maximum atomic E-state index is 12.8. The van der Waals surface area contributed by atoms with Crippen LogP contribution in [0.1, 0.15) is 47.6 Å². The molecule has 0 unspecified atom stereocenters. The van der Waals surface area contributed by atoms with Crippen molar-refractivity contribution in [2.24, 2.45) is 5.92 Å². The van der Waals surface area contributed by atoms with E-state index in [-0.39, 0.29) is 11.9 Å². The lowest BCUT2D eigenvalue weighted by molar-refractivity contribution is 0.0922. The molecular formula is C18H18IN3OS. The Labute approximate surface area is 158 Å². The lowest BCUT2D eigenvalue weighted by atomic mass is 9.93. The van der Waals surface area contributed by atoms with Crippen LogP contribution in [-0.2, 0) is 0 Å². The van der Waals surface area contributed by atoms with Crippen LogP contribution in [0.2, 0.25) is 0 Å². The van der Waals surface area contributed by atoms with Crippen molar-refractivity contribution in [2.45, 2.75) is 31.7 Å². The van der Waals surface area contributed by atoms with Crippen molar-refractivity contribution in [3.05, 3.63) is 49.9 Å². The summed E-state index contributed by atoms with van der Waals surface area (Å²) < 4.78 is 0.961. The third kappa shape index (κ3) is 3.09. The lowest BCUT2D eigenvalue weighted by Gasteiger charge is -2.24. The highest BCUT2D eigenvalue weighted by molar-refractivity contribution is 14.1. The van der Waals surface area contributed by atoms with Gasteiger partial charge in [-0.25, -0.2) is 0 Å². The third-order valence-electron chi connectivity index (χ3n) is 4.83. The second-order valence-electron chi connectivity index (χ2n) is 6.32. The minimum atomic E-state index is -0.00278. The summed E-state index contributed by atoms with van der Waals surface area (Å²) >= 11 is 3.90. The molecule has 4 rings (SSSR count). The van der Waals surface area contributed by atoms with Crippen LogP contribution in [0.4, 0.5) is 0 Å². The number of hydrogen-bond donors (Lipinski definition) is 2. The Bertz CT molecular complexity index is 852. The molecule has 2 N–H and O–H groups in total. The van der Waals surface area contributed by atoms with E-state index in [1.807, 2.05) is 18.2 Å². The van der Waals surface area contributed by atoms with E-state index in [0.29, 0.717) is 11.5 Å². The van der Waals surface area contributed by atoms with Gasteiger partial charge < -0.3 is 5.32 Å². The van der Waals surface area contributed by atoms with E-state index >= 15 is 0 Å². The number of nitrogens with one attached hydrogen (secondary N) is 2. The van der Waals surface area contributed by atoms with Crippen LogP contribution in [0.5, 0.6) is 0 Å². The Balaban J connectivity index is 1.60. The molecule has 1 amide bonds. The number of thiophene rings is 1. The third-order valence-corrected chi connectivity index (χ3v) is 6.35. The first-order chi connectivity index (χ1) is 11.7. The van der Waals surface area contributed by atoms with E-state index in [2.05, 4.69) is 54.9 Å². The van der Waals surface area contributed by atoms with Gasteiger partial charge in [-0.15, -0.1) is 0 Å². The molecule has 124 valence electrons. The Kier molecular flexibility index (Phi) is 4.58. The van der Waals surface area contributed by atoms with Gasteiger partial charge in [0.15, 0.2) is 0 Å². The Hall–Kier alpha value is -1.41. The first-order valence-electron chi connectivity index (χ1n) is 8.19. The number of carbonyl (C=O) groups is 1. The molecule has 0 aliphatic heterocycles. The van der Waals surface area contributed by atoms with Gasteiger partial charge in [0.25, 0.3) is 5.91 Å². The van der Waals surface area contributed by atoms with Gasteiger partial charge in [-0.2, -0.15) is 16.4 Å². The summed E-state index contributed by atoms with van der Waals surface area (Å²) in [6.07, 6.45) is 4.92. The second kappa shape index (κ2) is 6.84. The largest absolute Gasteiger partial charge is 0.345 e. The molecule has 1 aromatic carbocycles. The molecule has 0 radical (unpaired) electrons. The fourth-order valence-electron chi connectivity index (χ4n) is 3.56. The summed E-state index contributed by atoms with van der Waals surface area (Å²) in [5.74, 6) is 0.540. The average molecular weight is 451 g/mol. The molecular weight excluding hydrogens is 433 g/mol. The number of fused-ring (bicyclic) bond motifs is 1. The van der Waals surface area contributed by atoms with Crippen molar-refractivity contribution in [3.63, 3.8) is 0 Å². The van der Waals surface area contributed by atoms with Gasteiger partial charge in [0.2, 0.25) is 0 Å². The SMILES string of the molecule is O=C(N[C@@H](c1ccsc1)C1CCCC1)c1ccc2n[nH]c(I)c2c1. The predicted molar refractivity (Wildman–Crippen MR) is 105 cm³/mol. The van der Waals surface area contributed by atoms with Crippen LogP contribution in [0.15, 0.2) is 35.0 Å². The predicted octanol–water partition coefficient (Wildman–Crippen LogP) is 4.89. The van der Waals surface area contributed by atoms with Crippen molar-refractivity contribution in [3.8, 4) is 0 Å². The Morgan fingerprint density at radius 1 is 1.33 bits per heavy atom. The summed E-state index contributed by atoms with van der Waals surface area (Å²) in [6, 6.07) is 7.93. The zero-order valence-corrected chi connectivity index (χ0v) is 16.1. The second-order valence-corrected chi connectivity index (χ2v) is 8.18. The van der Waals surface area contributed by atoms with Gasteiger partial charge in [-0.1, -0.05) is 12.8 Å². The number of nitrogens with zero attached hydrogens (tertiary/aromatic N) is 1. The van der Waals surface area contributed by atoms with Crippen molar-refractivity contribution in [2.75, 3.05) is 0 Å². The number of aromatic nitrogens is 2. The Morgan fingerprint density at radius 2 is 2.17 bits per heavy atom. The number of amides is 1. The van der Waals surface area contributed by atoms with Crippen LogP contribution in [0.25, 0.3) is 10.9 Å². The molecule has 0 bridgehead atoms. The summed E-state index contributed by atoms with van der Waals surface area (Å²) in [6.45, 7) is 0. The van der Waals surface area contributed by atoms with Crippen LogP contribution in [-0.4, -0.2) is 16.1 Å². The van der Waals surface area contributed by atoms with Crippen molar-refractivity contribution in [1.29, 1.82) is 0 Å². The molecule has 2 heterocycles. The molecule has 6 heteroatoms. The number of benzene rings is 1. The van der Waals surface area contributed by atoms with Crippen LogP contribution in [0, 0.1) is 9.62 Å². The van der Waals surface area contributed by atoms with Crippen molar-refractivity contribution < 1.29 is 4.79 Å². The van der Waals surface area contributed by atoms with Gasteiger partial charge in [-0.3, -0.25) is 9.89 Å². The highest BCUT2D eigenvalue weighted by atomic mass is 127. The molecule has 1 saturated carbocycles. The van der Waals surface area contributed by atoms with E-state index in [1.165, 1.54) is 31.2 Å². The zero-order valence-electron chi connectivity index (χ0n) is 13.1. The summed E-state index contributed by atoms with van der Waals surface area (Å²) in [4.78, 5) is 12.8. The number of aromatic amines is 1.